The number of aliphatic hydroxyl groups is 1. The minimum atomic E-state index is 0.159. The van der Waals surface area contributed by atoms with Crippen LogP contribution in [0.5, 0.6) is 5.75 Å². The van der Waals surface area contributed by atoms with Crippen LogP contribution in [0.2, 0.25) is 0 Å². The van der Waals surface area contributed by atoms with Gasteiger partial charge in [0.25, 0.3) is 0 Å². The summed E-state index contributed by atoms with van der Waals surface area (Å²) in [5.74, 6) is 0.875. The number of hydrogen-bond donors (Lipinski definition) is 2. The van der Waals surface area contributed by atoms with Gasteiger partial charge in [-0.1, -0.05) is 19.1 Å². The van der Waals surface area contributed by atoms with E-state index in [4.69, 9.17) is 9.84 Å². The van der Waals surface area contributed by atoms with Crippen LogP contribution in [-0.2, 0) is 0 Å². The van der Waals surface area contributed by atoms with Crippen LogP contribution < -0.4 is 15.0 Å². The second kappa shape index (κ2) is 8.44. The molecule has 2 aromatic carbocycles. The van der Waals surface area contributed by atoms with Crippen LogP contribution in [0, 0.1) is 0 Å². The number of rotatable bonds is 8. The Bertz CT molecular complexity index is 581. The van der Waals surface area contributed by atoms with E-state index < -0.39 is 0 Å². The summed E-state index contributed by atoms with van der Waals surface area (Å²) in [7, 11) is 3.66. The molecule has 4 heteroatoms. The van der Waals surface area contributed by atoms with E-state index in [9.17, 15) is 0 Å². The van der Waals surface area contributed by atoms with Gasteiger partial charge in [-0.2, -0.15) is 0 Å². The number of ether oxygens (including phenoxy) is 1. The summed E-state index contributed by atoms with van der Waals surface area (Å²) < 4.78 is 5.21. The van der Waals surface area contributed by atoms with Gasteiger partial charge in [0, 0.05) is 25.0 Å². The fraction of sp³-hybridized carbons (Fsp3) is 0.368. The molecule has 0 aliphatic rings. The molecule has 2 N–H and O–H groups in total. The van der Waals surface area contributed by atoms with Gasteiger partial charge in [0.15, 0.2) is 0 Å². The van der Waals surface area contributed by atoms with E-state index in [2.05, 4.69) is 48.6 Å². The Morgan fingerprint density at radius 3 is 2.26 bits per heavy atom. The second-order valence-electron chi connectivity index (χ2n) is 5.57. The largest absolute Gasteiger partial charge is 0.497 e. The molecule has 1 unspecified atom stereocenters. The predicted octanol–water partition coefficient (Wildman–Crippen LogP) is 3.69. The molecule has 0 saturated carbocycles. The number of hydrogen-bond acceptors (Lipinski definition) is 4. The van der Waals surface area contributed by atoms with E-state index in [1.165, 1.54) is 5.56 Å². The summed E-state index contributed by atoms with van der Waals surface area (Å²) in [4.78, 5) is 2.03. The monoisotopic (exact) mass is 314 g/mol. The highest BCUT2D eigenvalue weighted by molar-refractivity contribution is 5.55. The molecule has 0 fully saturated rings. The van der Waals surface area contributed by atoms with E-state index >= 15 is 0 Å². The van der Waals surface area contributed by atoms with Crippen LogP contribution in [-0.4, -0.2) is 32.4 Å². The molecule has 0 aliphatic carbocycles. The minimum Gasteiger partial charge on any atom is -0.497 e. The van der Waals surface area contributed by atoms with Gasteiger partial charge in [-0.05, 0) is 48.4 Å². The number of nitrogens with zero attached hydrogens (tertiary/aromatic N) is 1. The zero-order valence-electron chi connectivity index (χ0n) is 14.1. The van der Waals surface area contributed by atoms with Crippen LogP contribution in [0.25, 0.3) is 0 Å². The number of likely N-dealkylation sites (N-methyl/N-ethyl adjacent to an activating group) is 1. The van der Waals surface area contributed by atoms with Crippen molar-refractivity contribution >= 4 is 11.4 Å². The fourth-order valence-electron chi connectivity index (χ4n) is 2.55. The zero-order valence-corrected chi connectivity index (χ0v) is 14.1. The van der Waals surface area contributed by atoms with E-state index in [1.807, 2.05) is 24.1 Å². The Labute approximate surface area is 138 Å². The Balaban J connectivity index is 2.06. The van der Waals surface area contributed by atoms with Crippen molar-refractivity contribution in [1.29, 1.82) is 0 Å². The summed E-state index contributed by atoms with van der Waals surface area (Å²) >= 11 is 0. The van der Waals surface area contributed by atoms with Gasteiger partial charge in [0.2, 0.25) is 0 Å². The third-order valence-corrected chi connectivity index (χ3v) is 4.01. The first-order valence-corrected chi connectivity index (χ1v) is 8.00. The Hall–Kier alpha value is -2.20. The minimum absolute atomic E-state index is 0.159. The quantitative estimate of drug-likeness (QED) is 0.780. The molecule has 0 amide bonds. The van der Waals surface area contributed by atoms with Gasteiger partial charge in [-0.15, -0.1) is 0 Å². The number of anilines is 2. The van der Waals surface area contributed by atoms with Crippen molar-refractivity contribution in [1.82, 2.24) is 0 Å². The third kappa shape index (κ3) is 4.63. The van der Waals surface area contributed by atoms with Gasteiger partial charge in [0.1, 0.15) is 5.75 Å². The number of benzene rings is 2. The fourth-order valence-corrected chi connectivity index (χ4v) is 2.55. The molecule has 23 heavy (non-hydrogen) atoms. The van der Waals surface area contributed by atoms with Gasteiger partial charge in [-0.25, -0.2) is 0 Å². The third-order valence-electron chi connectivity index (χ3n) is 4.01. The van der Waals surface area contributed by atoms with Crippen molar-refractivity contribution in [3.8, 4) is 5.75 Å². The first-order chi connectivity index (χ1) is 11.2. The maximum Gasteiger partial charge on any atom is 0.118 e. The average molecular weight is 314 g/mol. The molecular formula is C19H26N2O2. The Kier molecular flexibility index (Phi) is 6.29. The predicted molar refractivity (Wildman–Crippen MR) is 96.4 cm³/mol. The molecule has 1 atom stereocenters. The topological polar surface area (TPSA) is 44.7 Å². The van der Waals surface area contributed by atoms with Crippen molar-refractivity contribution in [2.24, 2.45) is 0 Å². The summed E-state index contributed by atoms with van der Waals surface area (Å²) in [6.07, 6.45) is 0.999. The SMILES string of the molecule is CCC(Nc1ccc(N(C)CCO)cc1)c1ccc(OC)cc1. The number of methoxy groups -OCH3 is 1. The highest BCUT2D eigenvalue weighted by atomic mass is 16.5. The lowest BCUT2D eigenvalue weighted by atomic mass is 10.0. The molecular weight excluding hydrogens is 288 g/mol. The van der Waals surface area contributed by atoms with E-state index in [0.717, 1.165) is 23.5 Å². The number of aliphatic hydroxyl groups excluding tert-OH is 1. The molecule has 0 saturated heterocycles. The van der Waals surface area contributed by atoms with E-state index in [1.54, 1.807) is 7.11 Å². The average Bonchev–Trinajstić information content (AvgIpc) is 2.60. The summed E-state index contributed by atoms with van der Waals surface area (Å²) in [6.45, 7) is 2.97. The molecule has 0 aliphatic heterocycles. The van der Waals surface area contributed by atoms with Gasteiger partial charge < -0.3 is 20.1 Å². The molecule has 0 radical (unpaired) electrons. The van der Waals surface area contributed by atoms with Gasteiger partial charge in [-0.3, -0.25) is 0 Å². The van der Waals surface area contributed by atoms with Crippen molar-refractivity contribution in [2.45, 2.75) is 19.4 Å². The van der Waals surface area contributed by atoms with Crippen molar-refractivity contribution < 1.29 is 9.84 Å². The van der Waals surface area contributed by atoms with Crippen molar-refractivity contribution in [2.75, 3.05) is 37.5 Å². The highest BCUT2D eigenvalue weighted by Gasteiger charge is 2.09. The smallest absolute Gasteiger partial charge is 0.118 e. The Morgan fingerprint density at radius 2 is 1.74 bits per heavy atom. The molecule has 2 rings (SSSR count). The van der Waals surface area contributed by atoms with Gasteiger partial charge in [0.05, 0.1) is 19.8 Å². The maximum absolute atomic E-state index is 9.00. The van der Waals surface area contributed by atoms with Crippen molar-refractivity contribution in [3.63, 3.8) is 0 Å². The van der Waals surface area contributed by atoms with Crippen LogP contribution in [0.3, 0.4) is 0 Å². The maximum atomic E-state index is 9.00. The number of nitrogens with one attached hydrogen (secondary N) is 1. The lowest BCUT2D eigenvalue weighted by Gasteiger charge is -2.21. The molecule has 0 bridgehead atoms. The second-order valence-corrected chi connectivity index (χ2v) is 5.57. The first-order valence-electron chi connectivity index (χ1n) is 8.00. The van der Waals surface area contributed by atoms with Crippen LogP contribution in [0.4, 0.5) is 11.4 Å². The van der Waals surface area contributed by atoms with E-state index in [-0.39, 0.29) is 12.6 Å². The normalized spacial score (nSPS) is 11.8. The molecule has 4 nitrogen and oxygen atoms in total. The summed E-state index contributed by atoms with van der Waals surface area (Å²) in [5, 5.41) is 12.6. The van der Waals surface area contributed by atoms with Gasteiger partial charge >= 0.3 is 0 Å². The van der Waals surface area contributed by atoms with Crippen LogP contribution in [0.15, 0.2) is 48.5 Å². The summed E-state index contributed by atoms with van der Waals surface area (Å²) in [5.41, 5.74) is 3.44. The van der Waals surface area contributed by atoms with Crippen molar-refractivity contribution in [3.05, 3.63) is 54.1 Å². The molecule has 0 aromatic heterocycles. The molecule has 0 heterocycles. The lowest BCUT2D eigenvalue weighted by molar-refractivity contribution is 0.304. The highest BCUT2D eigenvalue weighted by Crippen LogP contribution is 2.25. The zero-order chi connectivity index (χ0) is 16.7. The molecule has 124 valence electrons. The standard InChI is InChI=1S/C19H26N2O2/c1-4-19(15-5-11-18(23-3)12-6-15)20-16-7-9-17(10-8-16)21(2)13-14-22/h5-12,19-20,22H,4,13-14H2,1-3H3. The molecule has 2 aromatic rings. The van der Waals surface area contributed by atoms with E-state index in [0.29, 0.717) is 6.54 Å². The first kappa shape index (κ1) is 17.2. The summed E-state index contributed by atoms with van der Waals surface area (Å²) in [6, 6.07) is 16.7. The van der Waals surface area contributed by atoms with Crippen LogP contribution in [0.1, 0.15) is 24.9 Å². The lowest BCUT2D eigenvalue weighted by Crippen LogP contribution is -2.20. The van der Waals surface area contributed by atoms with Crippen LogP contribution >= 0.6 is 0 Å². The molecule has 0 spiro atoms. The Morgan fingerprint density at radius 1 is 1.09 bits per heavy atom.